The predicted molar refractivity (Wildman–Crippen MR) is 70.2 cm³/mol. The Hall–Kier alpha value is -1.34. The fourth-order valence-electron chi connectivity index (χ4n) is 1.54. The number of hydrogen-bond donors (Lipinski definition) is 2. The fourth-order valence-corrected chi connectivity index (χ4v) is 1.66. The highest BCUT2D eigenvalue weighted by Crippen LogP contribution is 2.16. The quantitative estimate of drug-likeness (QED) is 0.761. The lowest BCUT2D eigenvalue weighted by Gasteiger charge is -2.23. The summed E-state index contributed by atoms with van der Waals surface area (Å²) in [6.07, 6.45) is -2.51. The summed E-state index contributed by atoms with van der Waals surface area (Å²) in [5.74, 6) is 0.340. The molecular formula is C11H15F2N3OS. The molecule has 4 nitrogen and oxygen atoms in total. The molecule has 7 heteroatoms. The maximum absolute atomic E-state index is 12.5. The summed E-state index contributed by atoms with van der Waals surface area (Å²) in [5.41, 5.74) is 6.72. The van der Waals surface area contributed by atoms with Crippen LogP contribution in [-0.2, 0) is 0 Å². The number of rotatable bonds is 6. The first-order chi connectivity index (χ1) is 8.43. The molecule has 0 fully saturated rings. The number of nitrogens with two attached hydrogens (primary N) is 1. The molecular weight excluding hydrogens is 260 g/mol. The van der Waals surface area contributed by atoms with E-state index in [1.807, 2.05) is 0 Å². The van der Waals surface area contributed by atoms with Crippen LogP contribution in [0.3, 0.4) is 0 Å². The normalized spacial score (nSPS) is 10.7. The molecule has 0 saturated carbocycles. The van der Waals surface area contributed by atoms with Gasteiger partial charge in [0.05, 0.1) is 13.2 Å². The van der Waals surface area contributed by atoms with Gasteiger partial charge in [-0.3, -0.25) is 0 Å². The van der Waals surface area contributed by atoms with Crippen molar-refractivity contribution in [3.8, 4) is 0 Å². The summed E-state index contributed by atoms with van der Waals surface area (Å²) < 4.78 is 24.9. The van der Waals surface area contributed by atoms with Gasteiger partial charge in [-0.2, -0.15) is 0 Å². The van der Waals surface area contributed by atoms with Crippen molar-refractivity contribution >= 4 is 23.0 Å². The molecule has 1 rings (SSSR count). The summed E-state index contributed by atoms with van der Waals surface area (Å²) in [6.45, 7) is 1.08. The minimum Gasteiger partial charge on any atom is -0.395 e. The average Bonchev–Trinajstić information content (AvgIpc) is 2.27. The molecule has 18 heavy (non-hydrogen) atoms. The Bertz CT molecular complexity index is 429. The third-order valence-electron chi connectivity index (χ3n) is 2.28. The number of thiocarbonyl (C=S) groups is 1. The lowest BCUT2D eigenvalue weighted by molar-refractivity contribution is 0.152. The van der Waals surface area contributed by atoms with Crippen LogP contribution in [0.15, 0.2) is 12.1 Å². The van der Waals surface area contributed by atoms with E-state index >= 15 is 0 Å². The second-order valence-electron chi connectivity index (χ2n) is 3.78. The van der Waals surface area contributed by atoms with Crippen molar-refractivity contribution in [2.45, 2.75) is 13.3 Å². The van der Waals surface area contributed by atoms with Crippen molar-refractivity contribution in [3.05, 3.63) is 23.4 Å². The molecule has 0 atom stereocenters. The minimum absolute atomic E-state index is 0.0809. The maximum atomic E-state index is 12.5. The standard InChI is InChI=1S/C11H15F2N3OS/c1-7-4-8(11(14)18)5-10(15-7)16(2-3-17)6-9(12)13/h4-5,9,17H,2-3,6H2,1H3,(H2,14,18). The van der Waals surface area contributed by atoms with E-state index in [0.717, 1.165) is 0 Å². The topological polar surface area (TPSA) is 62.4 Å². The molecule has 1 aromatic rings. The van der Waals surface area contributed by atoms with E-state index in [0.29, 0.717) is 17.1 Å². The third-order valence-corrected chi connectivity index (χ3v) is 2.51. The Morgan fingerprint density at radius 3 is 2.72 bits per heavy atom. The van der Waals surface area contributed by atoms with Crippen LogP contribution in [0.1, 0.15) is 11.3 Å². The molecule has 0 aliphatic heterocycles. The second-order valence-corrected chi connectivity index (χ2v) is 4.22. The Morgan fingerprint density at radius 1 is 1.56 bits per heavy atom. The third kappa shape index (κ3) is 4.15. The number of nitrogens with zero attached hydrogens (tertiary/aromatic N) is 2. The number of anilines is 1. The van der Waals surface area contributed by atoms with Gasteiger partial charge in [-0.25, -0.2) is 13.8 Å². The lowest BCUT2D eigenvalue weighted by Crippen LogP contribution is -2.32. The summed E-state index contributed by atoms with van der Waals surface area (Å²) >= 11 is 4.85. The van der Waals surface area contributed by atoms with Crippen molar-refractivity contribution in [1.82, 2.24) is 4.98 Å². The van der Waals surface area contributed by atoms with Gasteiger partial charge in [0.25, 0.3) is 6.43 Å². The summed E-state index contributed by atoms with van der Waals surface area (Å²) in [5, 5.41) is 8.89. The van der Waals surface area contributed by atoms with E-state index in [1.165, 1.54) is 4.90 Å². The van der Waals surface area contributed by atoms with Crippen LogP contribution in [0.2, 0.25) is 0 Å². The number of aryl methyl sites for hydroxylation is 1. The van der Waals surface area contributed by atoms with E-state index in [4.69, 9.17) is 23.1 Å². The lowest BCUT2D eigenvalue weighted by atomic mass is 10.2. The van der Waals surface area contributed by atoms with Crippen LogP contribution in [0.25, 0.3) is 0 Å². The summed E-state index contributed by atoms with van der Waals surface area (Å²) in [4.78, 5) is 5.64. The second kappa shape index (κ2) is 6.55. The highest BCUT2D eigenvalue weighted by atomic mass is 32.1. The van der Waals surface area contributed by atoms with Gasteiger partial charge in [-0.05, 0) is 19.1 Å². The first-order valence-electron chi connectivity index (χ1n) is 5.36. The van der Waals surface area contributed by atoms with Crippen LogP contribution >= 0.6 is 12.2 Å². The van der Waals surface area contributed by atoms with E-state index in [1.54, 1.807) is 19.1 Å². The van der Waals surface area contributed by atoms with Crippen molar-refractivity contribution in [3.63, 3.8) is 0 Å². The van der Waals surface area contributed by atoms with Gasteiger partial charge < -0.3 is 15.7 Å². The Morgan fingerprint density at radius 2 is 2.22 bits per heavy atom. The molecule has 0 spiro atoms. The molecule has 1 heterocycles. The van der Waals surface area contributed by atoms with E-state index in [2.05, 4.69) is 4.98 Å². The molecule has 0 aromatic carbocycles. The molecule has 100 valence electrons. The van der Waals surface area contributed by atoms with Crippen LogP contribution in [0.4, 0.5) is 14.6 Å². The van der Waals surface area contributed by atoms with Gasteiger partial charge in [0.2, 0.25) is 0 Å². The Kier molecular flexibility index (Phi) is 5.36. The van der Waals surface area contributed by atoms with Crippen LogP contribution in [0.5, 0.6) is 0 Å². The van der Waals surface area contributed by atoms with Crippen LogP contribution in [-0.4, -0.2) is 41.2 Å². The zero-order chi connectivity index (χ0) is 13.7. The van der Waals surface area contributed by atoms with Gasteiger partial charge in [0.1, 0.15) is 10.8 Å². The Balaban J connectivity index is 3.06. The minimum atomic E-state index is -2.51. The first kappa shape index (κ1) is 14.7. The largest absolute Gasteiger partial charge is 0.395 e. The smallest absolute Gasteiger partial charge is 0.255 e. The number of alkyl halides is 2. The van der Waals surface area contributed by atoms with Crippen LogP contribution < -0.4 is 10.6 Å². The van der Waals surface area contributed by atoms with Crippen molar-refractivity contribution in [2.24, 2.45) is 5.73 Å². The highest BCUT2D eigenvalue weighted by molar-refractivity contribution is 7.80. The number of aliphatic hydroxyl groups is 1. The van der Waals surface area contributed by atoms with Gasteiger partial charge in [-0.1, -0.05) is 12.2 Å². The van der Waals surface area contributed by atoms with E-state index in [9.17, 15) is 8.78 Å². The monoisotopic (exact) mass is 275 g/mol. The zero-order valence-electron chi connectivity index (χ0n) is 9.94. The zero-order valence-corrected chi connectivity index (χ0v) is 10.8. The highest BCUT2D eigenvalue weighted by Gasteiger charge is 2.15. The van der Waals surface area contributed by atoms with Crippen LogP contribution in [0, 0.1) is 6.92 Å². The molecule has 3 N–H and O–H groups in total. The van der Waals surface area contributed by atoms with Gasteiger partial charge in [0, 0.05) is 17.8 Å². The van der Waals surface area contributed by atoms with Crippen molar-refractivity contribution < 1.29 is 13.9 Å². The van der Waals surface area contributed by atoms with Gasteiger partial charge >= 0.3 is 0 Å². The number of aliphatic hydroxyl groups excluding tert-OH is 1. The number of pyridine rings is 1. The van der Waals surface area contributed by atoms with Crippen molar-refractivity contribution in [1.29, 1.82) is 0 Å². The first-order valence-corrected chi connectivity index (χ1v) is 5.77. The van der Waals surface area contributed by atoms with E-state index < -0.39 is 13.0 Å². The summed E-state index contributed by atoms with van der Waals surface area (Å²) in [7, 11) is 0. The number of hydrogen-bond acceptors (Lipinski definition) is 4. The maximum Gasteiger partial charge on any atom is 0.255 e. The molecule has 0 saturated heterocycles. The number of halogens is 2. The molecule has 1 aromatic heterocycles. The fraction of sp³-hybridized carbons (Fsp3) is 0.455. The van der Waals surface area contributed by atoms with E-state index in [-0.39, 0.29) is 18.1 Å². The average molecular weight is 275 g/mol. The SMILES string of the molecule is Cc1cc(C(N)=S)cc(N(CCO)CC(F)F)n1. The number of aromatic nitrogens is 1. The molecule has 0 aliphatic carbocycles. The molecule has 0 unspecified atom stereocenters. The molecule has 0 amide bonds. The molecule has 0 aliphatic rings. The Labute approximate surface area is 109 Å². The molecule has 0 bridgehead atoms. The van der Waals surface area contributed by atoms with Gasteiger partial charge in [0.15, 0.2) is 0 Å². The summed E-state index contributed by atoms with van der Waals surface area (Å²) in [6, 6.07) is 3.23. The predicted octanol–water partition coefficient (Wildman–Crippen LogP) is 1.09. The molecule has 0 radical (unpaired) electrons. The van der Waals surface area contributed by atoms with Gasteiger partial charge in [-0.15, -0.1) is 0 Å². The van der Waals surface area contributed by atoms with Crippen molar-refractivity contribution in [2.75, 3.05) is 24.6 Å².